The third kappa shape index (κ3) is 40.5. The van der Waals surface area contributed by atoms with Gasteiger partial charge in [-0.2, -0.15) is 0 Å². The van der Waals surface area contributed by atoms with E-state index in [1.54, 1.807) is 6.20 Å². The number of unbranched alkanes of at least 4 members (excludes halogenated alkanes) is 13. The number of Topliss-reactive ketones (excluding diaryl/α,β-unsaturated/α-hetero) is 1. The number of imidazole rings is 1. The van der Waals surface area contributed by atoms with E-state index >= 15 is 0 Å². The summed E-state index contributed by atoms with van der Waals surface area (Å²) in [5, 5.41) is 16.6. The third-order valence-corrected chi connectivity index (χ3v) is 9.91. The quantitative estimate of drug-likeness (QED) is 0.0445. The fraction of sp³-hybridized carbons (Fsp3) is 0.800. The van der Waals surface area contributed by atoms with Crippen molar-refractivity contribution in [1.29, 1.82) is 0 Å². The first-order chi connectivity index (χ1) is 30.5. The van der Waals surface area contributed by atoms with Gasteiger partial charge in [0.15, 0.2) is 5.78 Å². The van der Waals surface area contributed by atoms with Gasteiger partial charge < -0.3 is 56.5 Å². The number of nitrogens with one attached hydrogen (secondary N) is 4. The molecule has 0 radical (unpaired) electrons. The maximum Gasteiger partial charge on any atom is 0.303 e. The second-order valence-corrected chi connectivity index (χ2v) is 15.7. The van der Waals surface area contributed by atoms with Gasteiger partial charge in [-0.05, 0) is 25.7 Å². The number of carbonyl (C=O) groups excluding carboxylic acids is 5. The van der Waals surface area contributed by atoms with Crippen LogP contribution >= 0.6 is 0 Å². The van der Waals surface area contributed by atoms with Crippen LogP contribution < -0.4 is 27.4 Å². The topological polar surface area (TPSA) is 276 Å². The molecule has 0 saturated heterocycles. The Balaban J connectivity index is 0. The molecule has 0 unspecified atom stereocenters. The monoisotopic (exact) mass is 900 g/mol. The van der Waals surface area contributed by atoms with Crippen molar-refractivity contribution in [3.63, 3.8) is 0 Å². The fourth-order valence-electron chi connectivity index (χ4n) is 6.19. The molecule has 1 aromatic rings. The Hall–Kier alpha value is -3.97. The smallest absolute Gasteiger partial charge is 0.303 e. The van der Waals surface area contributed by atoms with Gasteiger partial charge in [0, 0.05) is 64.6 Å². The van der Waals surface area contributed by atoms with E-state index in [2.05, 4.69) is 39.8 Å². The summed E-state index contributed by atoms with van der Waals surface area (Å²) < 4.78 is 21.5. The second kappa shape index (κ2) is 43.3. The number of nitrogens with two attached hydrogens (primary N) is 2. The van der Waals surface area contributed by atoms with E-state index in [-0.39, 0.29) is 71.0 Å². The van der Waals surface area contributed by atoms with Gasteiger partial charge >= 0.3 is 5.97 Å². The highest BCUT2D eigenvalue weighted by atomic mass is 16.5. The van der Waals surface area contributed by atoms with Gasteiger partial charge in [0.2, 0.25) is 23.6 Å². The zero-order chi connectivity index (χ0) is 46.6. The largest absolute Gasteiger partial charge is 0.481 e. The average molecular weight is 900 g/mol. The van der Waals surface area contributed by atoms with E-state index in [0.717, 1.165) is 31.4 Å². The van der Waals surface area contributed by atoms with Crippen molar-refractivity contribution in [3.8, 4) is 0 Å². The number of ether oxygens (including phenoxy) is 4. The number of carboxylic acid groups (broad SMARTS) is 1. The van der Waals surface area contributed by atoms with Gasteiger partial charge in [0.1, 0.15) is 13.2 Å². The second-order valence-electron chi connectivity index (χ2n) is 15.7. The maximum atomic E-state index is 12.4. The maximum absolute atomic E-state index is 12.4. The molecule has 0 aliphatic carbocycles. The third-order valence-electron chi connectivity index (χ3n) is 9.91. The number of amides is 4. The molecule has 1 heterocycles. The minimum absolute atomic E-state index is 0. The van der Waals surface area contributed by atoms with E-state index in [0.29, 0.717) is 71.4 Å². The van der Waals surface area contributed by atoms with Gasteiger partial charge in [0.25, 0.3) is 0 Å². The summed E-state index contributed by atoms with van der Waals surface area (Å²) in [6, 6.07) is -0.747. The van der Waals surface area contributed by atoms with Crippen molar-refractivity contribution < 1.29 is 54.2 Å². The molecule has 9 N–H and O–H groups in total. The lowest BCUT2D eigenvalue weighted by Gasteiger charge is -2.15. The highest BCUT2D eigenvalue weighted by Gasteiger charge is 2.23. The van der Waals surface area contributed by atoms with Crippen molar-refractivity contribution in [2.45, 2.75) is 155 Å². The molecular weight excluding hydrogens is 815 g/mol. The van der Waals surface area contributed by atoms with E-state index in [1.165, 1.54) is 70.5 Å². The number of carbonyl (C=O) groups is 6. The lowest BCUT2D eigenvalue weighted by Crippen LogP contribution is -2.36. The van der Waals surface area contributed by atoms with Gasteiger partial charge in [0.05, 0.1) is 52.0 Å². The van der Waals surface area contributed by atoms with E-state index < -0.39 is 23.8 Å². The van der Waals surface area contributed by atoms with Crippen LogP contribution in [0, 0.1) is 5.92 Å². The number of ketones is 1. The molecule has 4 amide bonds. The first-order valence-corrected chi connectivity index (χ1v) is 23.4. The number of primary amides is 1. The predicted octanol–water partition coefficient (Wildman–Crippen LogP) is 4.52. The Morgan fingerprint density at radius 1 is 0.651 bits per heavy atom. The predicted molar refractivity (Wildman–Crippen MR) is 244 cm³/mol. The van der Waals surface area contributed by atoms with Crippen molar-refractivity contribution in [1.82, 2.24) is 25.9 Å². The van der Waals surface area contributed by atoms with Crippen LogP contribution in [0.1, 0.15) is 149 Å². The summed E-state index contributed by atoms with van der Waals surface area (Å²) in [5.74, 6) is -2.56. The Morgan fingerprint density at radius 2 is 1.14 bits per heavy atom. The van der Waals surface area contributed by atoms with Gasteiger partial charge in [-0.15, -0.1) is 0 Å². The lowest BCUT2D eigenvalue weighted by molar-refractivity contribution is -0.137. The molecule has 0 spiro atoms. The molecular formula is C45H85N7O11. The molecule has 0 aliphatic heterocycles. The molecule has 18 nitrogen and oxygen atoms in total. The summed E-state index contributed by atoms with van der Waals surface area (Å²) >= 11 is 0. The van der Waals surface area contributed by atoms with Crippen LogP contribution in [0.15, 0.2) is 12.5 Å². The van der Waals surface area contributed by atoms with Crippen LogP contribution in [0.4, 0.5) is 0 Å². The molecule has 1 rings (SSSR count). The fourth-order valence-corrected chi connectivity index (χ4v) is 6.19. The van der Waals surface area contributed by atoms with E-state index in [1.807, 2.05) is 0 Å². The number of aromatic amines is 1. The van der Waals surface area contributed by atoms with Crippen LogP contribution in [0.25, 0.3) is 0 Å². The molecule has 0 bridgehead atoms. The molecule has 2 atom stereocenters. The average Bonchev–Trinajstić information content (AvgIpc) is 3.77. The molecule has 0 fully saturated rings. The normalized spacial score (nSPS) is 11.9. The number of hydrogen-bond acceptors (Lipinski definition) is 12. The summed E-state index contributed by atoms with van der Waals surface area (Å²) in [7, 11) is 0. The van der Waals surface area contributed by atoms with Crippen molar-refractivity contribution in [2.75, 3.05) is 72.5 Å². The minimum atomic E-state index is -0.747. The highest BCUT2D eigenvalue weighted by Crippen LogP contribution is 2.15. The molecule has 0 aliphatic rings. The highest BCUT2D eigenvalue weighted by molar-refractivity contribution is 5.89. The van der Waals surface area contributed by atoms with Gasteiger partial charge in [-0.1, -0.05) is 97.3 Å². The van der Waals surface area contributed by atoms with Crippen molar-refractivity contribution in [2.24, 2.45) is 17.4 Å². The Morgan fingerprint density at radius 3 is 1.65 bits per heavy atom. The molecule has 366 valence electrons. The zero-order valence-corrected chi connectivity index (χ0v) is 38.6. The van der Waals surface area contributed by atoms with Crippen molar-refractivity contribution in [3.05, 3.63) is 18.2 Å². The van der Waals surface area contributed by atoms with Crippen LogP contribution in [0.2, 0.25) is 0 Å². The standard InChI is InChI=1S/C37H67N7O9.C8H16O2.H2/c1-2-3-4-5-6-7-8-9-10-14-34(46)42-16-18-50-20-23-53-28-36(48)43-17-19-51-21-22-52-27-35(47)41-15-12-11-13-30(37(39)49)24-33(45)32(38)25-31-26-40-29-44-31;1-2-3-4-5-6-7-8(9)10;/h26,29-30,32H,2-25,27-28,38H2,1H3,(H2,39,49)(H,40,44)(H,41,47)(H,42,46)(H,43,48);2-7H2,1H3,(H,9,10);1H/t30-,32+;;/m1../s1. The number of aromatic nitrogens is 2. The number of rotatable bonds is 43. The van der Waals surface area contributed by atoms with Crippen LogP contribution in [0.3, 0.4) is 0 Å². The first kappa shape index (κ1) is 59.0. The molecule has 0 saturated carbocycles. The summed E-state index contributed by atoms with van der Waals surface area (Å²) in [6.07, 6.45) is 22.5. The van der Waals surface area contributed by atoms with E-state index in [4.69, 9.17) is 35.5 Å². The van der Waals surface area contributed by atoms with Crippen LogP contribution in [0.5, 0.6) is 0 Å². The summed E-state index contributed by atoms with van der Waals surface area (Å²) in [5.41, 5.74) is 12.2. The molecule has 18 heteroatoms. The number of hydrogen-bond donors (Lipinski definition) is 7. The summed E-state index contributed by atoms with van der Waals surface area (Å²) in [4.78, 5) is 76.9. The minimum Gasteiger partial charge on any atom is -0.481 e. The number of aliphatic carboxylic acids is 1. The first-order valence-electron chi connectivity index (χ1n) is 23.4. The van der Waals surface area contributed by atoms with Crippen LogP contribution in [-0.4, -0.2) is 129 Å². The van der Waals surface area contributed by atoms with Crippen molar-refractivity contribution >= 4 is 35.4 Å². The summed E-state index contributed by atoms with van der Waals surface area (Å²) in [6.45, 7) is 7.05. The Labute approximate surface area is 377 Å². The molecule has 0 aromatic carbocycles. The molecule has 1 aromatic heterocycles. The van der Waals surface area contributed by atoms with Gasteiger partial charge in [-0.3, -0.25) is 28.8 Å². The van der Waals surface area contributed by atoms with E-state index in [9.17, 15) is 28.8 Å². The Kier molecular flexibility index (Phi) is 40.6. The van der Waals surface area contributed by atoms with Gasteiger partial charge in [-0.25, -0.2) is 4.98 Å². The van der Waals surface area contributed by atoms with Crippen LogP contribution in [-0.2, 0) is 54.1 Å². The number of carboxylic acids is 1. The lowest BCUT2D eigenvalue weighted by atomic mass is 9.92. The Bertz CT molecular complexity index is 1310. The number of H-pyrrole nitrogens is 1. The SMILES string of the molecule is CCCCCCCC(=O)O.CCCCCCCCCCCC(=O)NCCOCCOCC(=O)NCCOCCOCC(=O)NCCCC[C@H](CC(=O)[C@@H](N)Cc1cnc[nH]1)C(N)=O.[HH]. The number of nitrogens with zero attached hydrogens (tertiary/aromatic N) is 1. The zero-order valence-electron chi connectivity index (χ0n) is 38.6. The molecule has 63 heavy (non-hydrogen) atoms.